The molecule has 1 aromatic rings. The van der Waals surface area contributed by atoms with Crippen LogP contribution < -0.4 is 15.4 Å². The first kappa shape index (κ1) is 28.0. The quantitative estimate of drug-likeness (QED) is 0.229. The lowest BCUT2D eigenvalue weighted by molar-refractivity contribution is -0.148. The summed E-state index contributed by atoms with van der Waals surface area (Å²) in [5.74, 6) is -0.911. The van der Waals surface area contributed by atoms with Gasteiger partial charge in [-0.3, -0.25) is 19.7 Å². The van der Waals surface area contributed by atoms with Crippen LogP contribution in [0.3, 0.4) is 0 Å². The fourth-order valence-corrected chi connectivity index (χ4v) is 4.04. The molecule has 188 valence electrons. The van der Waals surface area contributed by atoms with Crippen molar-refractivity contribution in [1.82, 2.24) is 15.5 Å². The van der Waals surface area contributed by atoms with Crippen molar-refractivity contribution in [3.63, 3.8) is 0 Å². The van der Waals surface area contributed by atoms with Crippen molar-refractivity contribution in [3.05, 3.63) is 28.2 Å². The maximum atomic E-state index is 13.1. The summed E-state index contributed by atoms with van der Waals surface area (Å²) in [4.78, 5) is 39.2. The van der Waals surface area contributed by atoms with Gasteiger partial charge in [0.2, 0.25) is 5.91 Å². The van der Waals surface area contributed by atoms with Crippen LogP contribution >= 0.6 is 28.1 Å². The molecule has 2 N–H and O–H groups in total. The van der Waals surface area contributed by atoms with Crippen molar-refractivity contribution in [2.45, 2.75) is 45.1 Å². The first-order chi connectivity index (χ1) is 16.4. The number of rotatable bonds is 12. The van der Waals surface area contributed by atoms with Crippen molar-refractivity contribution >= 4 is 51.0 Å². The molecule has 0 saturated carbocycles. The van der Waals surface area contributed by atoms with Gasteiger partial charge >= 0.3 is 5.97 Å². The number of hydrogen-bond acceptors (Lipinski definition) is 7. The molecule has 0 aliphatic carbocycles. The summed E-state index contributed by atoms with van der Waals surface area (Å²) in [5, 5.41) is 5.46. The second-order valence-corrected chi connectivity index (χ2v) is 9.03. The number of ether oxygens (including phenoxy) is 3. The number of piperazine rings is 1. The Morgan fingerprint density at radius 2 is 2.03 bits per heavy atom. The maximum absolute atomic E-state index is 13.1. The summed E-state index contributed by atoms with van der Waals surface area (Å²) in [6, 6.07) is 4.31. The third-order valence-corrected chi connectivity index (χ3v) is 5.99. The summed E-state index contributed by atoms with van der Waals surface area (Å²) in [7, 11) is 1.50. The number of carbonyl (C=O) groups excluding carboxylic acids is 3. The number of unbranched alkanes of at least 4 members (excludes halogenated alkanes) is 3. The van der Waals surface area contributed by atoms with Crippen LogP contribution in [-0.2, 0) is 19.1 Å². The summed E-state index contributed by atoms with van der Waals surface area (Å²) in [6.07, 6.45) is 4.02. The number of nitrogens with zero attached hydrogens (tertiary/aromatic N) is 1. The van der Waals surface area contributed by atoms with Crippen LogP contribution in [0, 0.1) is 0 Å². The third-order valence-electron chi connectivity index (χ3n) is 5.16. The Morgan fingerprint density at radius 3 is 2.76 bits per heavy atom. The summed E-state index contributed by atoms with van der Waals surface area (Å²) in [6.45, 7) is 3.69. The van der Waals surface area contributed by atoms with Crippen LogP contribution in [0.25, 0.3) is 0 Å². The molecule has 1 aliphatic heterocycles. The Hall–Kier alpha value is -2.24. The number of esters is 1. The topological polar surface area (TPSA) is 106 Å². The summed E-state index contributed by atoms with van der Waals surface area (Å²) >= 11 is 8.83. The lowest BCUT2D eigenvalue weighted by atomic mass is 10.1. The highest BCUT2D eigenvalue weighted by Gasteiger charge is 2.34. The van der Waals surface area contributed by atoms with E-state index in [0.717, 1.165) is 30.2 Å². The predicted octanol–water partition coefficient (Wildman–Crippen LogP) is 2.80. The van der Waals surface area contributed by atoms with E-state index >= 15 is 0 Å². The first-order valence-electron chi connectivity index (χ1n) is 11.3. The normalized spacial score (nSPS) is 15.4. The van der Waals surface area contributed by atoms with E-state index in [0.29, 0.717) is 31.0 Å². The molecule has 9 nitrogen and oxygen atoms in total. The Kier molecular flexibility index (Phi) is 12.3. The zero-order chi connectivity index (χ0) is 24.9. The van der Waals surface area contributed by atoms with E-state index in [1.54, 1.807) is 18.2 Å². The Morgan fingerprint density at radius 1 is 1.24 bits per heavy atom. The number of methoxy groups -OCH3 is 1. The smallest absolute Gasteiger partial charge is 0.308 e. The molecule has 0 bridgehead atoms. The van der Waals surface area contributed by atoms with Crippen LogP contribution in [0.2, 0.25) is 0 Å². The fraction of sp³-hybridized carbons (Fsp3) is 0.565. The highest BCUT2D eigenvalue weighted by molar-refractivity contribution is 9.10. The number of benzene rings is 1. The van der Waals surface area contributed by atoms with Gasteiger partial charge < -0.3 is 24.4 Å². The number of halogens is 1. The lowest BCUT2D eigenvalue weighted by Gasteiger charge is -2.36. The number of carbonyl (C=O) groups is 3. The monoisotopic (exact) mass is 557 g/mol. The van der Waals surface area contributed by atoms with Crippen LogP contribution in [0.1, 0.15) is 49.4 Å². The number of thiocarbonyl (C=S) groups is 1. The molecule has 1 aromatic carbocycles. The minimum atomic E-state index is -0.881. The molecular formula is C23H32BrN3O6S. The average Bonchev–Trinajstić information content (AvgIpc) is 2.81. The number of amides is 2. The second-order valence-electron chi connectivity index (χ2n) is 7.73. The van der Waals surface area contributed by atoms with Gasteiger partial charge in [0.1, 0.15) is 18.4 Å². The Bertz CT molecular complexity index is 869. The highest BCUT2D eigenvalue weighted by atomic mass is 79.9. The van der Waals surface area contributed by atoms with Gasteiger partial charge in [0.05, 0.1) is 25.2 Å². The molecule has 2 amide bonds. The SMILES string of the molecule is CCCCCCOc1ccc(Br)cc1C(=O)NC(=S)N1CCNC(=O)C1CC(=O)OCCOC. The molecule has 11 heteroatoms. The molecule has 2 rings (SSSR count). The Balaban J connectivity index is 2.05. The minimum Gasteiger partial charge on any atom is -0.493 e. The van der Waals surface area contributed by atoms with Gasteiger partial charge in [0, 0.05) is 24.7 Å². The van der Waals surface area contributed by atoms with Crippen molar-refractivity contribution in [1.29, 1.82) is 0 Å². The number of hydrogen-bond donors (Lipinski definition) is 2. The van der Waals surface area contributed by atoms with Gasteiger partial charge in [-0.2, -0.15) is 0 Å². The molecule has 1 aliphatic rings. The number of nitrogens with one attached hydrogen (secondary N) is 2. The maximum Gasteiger partial charge on any atom is 0.308 e. The van der Waals surface area contributed by atoms with Gasteiger partial charge in [-0.25, -0.2) is 0 Å². The predicted molar refractivity (Wildman–Crippen MR) is 135 cm³/mol. The molecule has 1 fully saturated rings. The molecule has 34 heavy (non-hydrogen) atoms. The van der Waals surface area contributed by atoms with Crippen LogP contribution in [0.5, 0.6) is 5.75 Å². The van der Waals surface area contributed by atoms with E-state index in [1.165, 1.54) is 12.0 Å². The molecule has 1 heterocycles. The van der Waals surface area contributed by atoms with Crippen LogP contribution in [-0.4, -0.2) is 73.9 Å². The van der Waals surface area contributed by atoms with E-state index < -0.39 is 17.9 Å². The average molecular weight is 558 g/mol. The van der Waals surface area contributed by atoms with Crippen molar-refractivity contribution in [2.24, 2.45) is 0 Å². The van der Waals surface area contributed by atoms with Gasteiger partial charge in [0.25, 0.3) is 5.91 Å². The molecule has 0 spiro atoms. The van der Waals surface area contributed by atoms with E-state index in [-0.39, 0.29) is 30.7 Å². The Labute approximate surface area is 214 Å². The molecule has 1 saturated heterocycles. The molecule has 1 unspecified atom stereocenters. The summed E-state index contributed by atoms with van der Waals surface area (Å²) < 4.78 is 16.5. The first-order valence-corrected chi connectivity index (χ1v) is 12.5. The van der Waals surface area contributed by atoms with E-state index in [2.05, 4.69) is 33.5 Å². The fourth-order valence-electron chi connectivity index (χ4n) is 3.37. The van der Waals surface area contributed by atoms with Crippen molar-refractivity contribution in [3.8, 4) is 5.75 Å². The zero-order valence-corrected chi connectivity index (χ0v) is 22.0. The second kappa shape index (κ2) is 14.9. The van der Waals surface area contributed by atoms with E-state index in [4.69, 9.17) is 26.4 Å². The molecular weight excluding hydrogens is 526 g/mol. The van der Waals surface area contributed by atoms with E-state index in [9.17, 15) is 14.4 Å². The molecule has 0 aromatic heterocycles. The van der Waals surface area contributed by atoms with Gasteiger partial charge in [0.15, 0.2) is 5.11 Å². The van der Waals surface area contributed by atoms with Gasteiger partial charge in [-0.15, -0.1) is 0 Å². The largest absolute Gasteiger partial charge is 0.493 e. The molecule has 0 radical (unpaired) electrons. The highest BCUT2D eigenvalue weighted by Crippen LogP contribution is 2.24. The summed E-state index contributed by atoms with van der Waals surface area (Å²) in [5.41, 5.74) is 0.323. The zero-order valence-electron chi connectivity index (χ0n) is 19.6. The third kappa shape index (κ3) is 8.84. The minimum absolute atomic E-state index is 0.0587. The lowest BCUT2D eigenvalue weighted by Crippen LogP contribution is -2.60. The van der Waals surface area contributed by atoms with Crippen molar-refractivity contribution < 1.29 is 28.6 Å². The van der Waals surface area contributed by atoms with Gasteiger partial charge in [-0.1, -0.05) is 42.1 Å². The van der Waals surface area contributed by atoms with Crippen LogP contribution in [0.4, 0.5) is 0 Å². The standard InChI is InChI=1S/C23H32BrN3O6S/c1-3-4-5-6-11-32-19-8-7-16(24)14-17(19)21(29)26-23(34)27-10-9-25-22(30)18(27)15-20(28)33-13-12-31-2/h7-8,14,18H,3-6,9-13,15H2,1-2H3,(H,25,30)(H,26,29,34). The van der Waals surface area contributed by atoms with E-state index in [1.807, 2.05) is 0 Å². The molecule has 1 atom stereocenters. The van der Waals surface area contributed by atoms with Gasteiger partial charge in [-0.05, 0) is 36.8 Å². The van der Waals surface area contributed by atoms with Crippen molar-refractivity contribution in [2.75, 3.05) is 40.0 Å². The van der Waals surface area contributed by atoms with Crippen LogP contribution in [0.15, 0.2) is 22.7 Å².